The molecule has 0 radical (unpaired) electrons. The summed E-state index contributed by atoms with van der Waals surface area (Å²) in [7, 11) is -3.33. The largest absolute Gasteiger partial charge is 0.487 e. The van der Waals surface area contributed by atoms with Crippen LogP contribution in [0.25, 0.3) is 16.8 Å². The van der Waals surface area contributed by atoms with Gasteiger partial charge < -0.3 is 4.74 Å². The normalized spacial score (nSPS) is 11.4. The maximum absolute atomic E-state index is 13.2. The van der Waals surface area contributed by atoms with Gasteiger partial charge in [-0.25, -0.2) is 12.8 Å². The van der Waals surface area contributed by atoms with E-state index in [1.54, 1.807) is 12.1 Å². The van der Waals surface area contributed by atoms with Crippen LogP contribution < -0.4 is 10.3 Å². The fraction of sp³-hybridized carbons (Fsp3) is 0.273. The van der Waals surface area contributed by atoms with E-state index >= 15 is 0 Å². The first-order valence-corrected chi connectivity index (χ1v) is 11.5. The predicted molar refractivity (Wildman–Crippen MR) is 113 cm³/mol. The lowest BCUT2D eigenvalue weighted by Gasteiger charge is -2.14. The smallest absolute Gasteiger partial charge is 0.314 e. The number of hydrogen-bond donors (Lipinski definition) is 0. The highest BCUT2D eigenvalue weighted by Crippen LogP contribution is 2.28. The van der Waals surface area contributed by atoms with Crippen molar-refractivity contribution in [1.82, 2.24) is 9.78 Å². The Kier molecular flexibility index (Phi) is 6.66. The molecule has 0 aliphatic heterocycles. The predicted octanol–water partition coefficient (Wildman–Crippen LogP) is 4.01. The molecule has 6 nitrogen and oxygen atoms in total. The molecule has 0 fully saturated rings. The average molecular weight is 431 g/mol. The molecule has 0 aliphatic carbocycles. The van der Waals surface area contributed by atoms with Gasteiger partial charge in [0.25, 0.3) is 0 Å². The Labute approximate surface area is 174 Å². The lowest BCUT2D eigenvalue weighted by Crippen LogP contribution is -2.24. The van der Waals surface area contributed by atoms with Crippen LogP contribution in [0.5, 0.6) is 5.75 Å². The molecule has 0 unspecified atom stereocenters. The van der Waals surface area contributed by atoms with Gasteiger partial charge >= 0.3 is 5.56 Å². The van der Waals surface area contributed by atoms with Crippen LogP contribution in [0.3, 0.4) is 0 Å². The Balaban J connectivity index is 2.06. The number of hydrogen-bond acceptors (Lipinski definition) is 5. The molecular weight excluding hydrogens is 407 g/mol. The van der Waals surface area contributed by atoms with Gasteiger partial charge in [0.05, 0.1) is 23.4 Å². The van der Waals surface area contributed by atoms with Crippen molar-refractivity contribution < 1.29 is 17.5 Å². The zero-order chi connectivity index (χ0) is 21.7. The molecule has 2 aromatic carbocycles. The van der Waals surface area contributed by atoms with E-state index in [0.29, 0.717) is 23.4 Å². The third-order valence-electron chi connectivity index (χ3n) is 4.59. The summed E-state index contributed by atoms with van der Waals surface area (Å²) in [6.07, 6.45) is 5.40. The SMILES string of the molecule is CCCCCOc1c(-c2ccc(S(C)(=O)=O)cc2)cnn(-c2ccc(F)cc2)c1=O. The van der Waals surface area contributed by atoms with E-state index in [1.807, 2.05) is 0 Å². The maximum Gasteiger partial charge on any atom is 0.314 e. The van der Waals surface area contributed by atoms with E-state index in [4.69, 9.17) is 4.74 Å². The molecule has 0 amide bonds. The molecular formula is C22H23FN2O4S. The Hall–Kier alpha value is -3.00. The molecule has 0 bridgehead atoms. The van der Waals surface area contributed by atoms with Crippen LogP contribution in [-0.2, 0) is 9.84 Å². The van der Waals surface area contributed by atoms with E-state index in [2.05, 4.69) is 12.0 Å². The number of ether oxygens (including phenoxy) is 1. The summed E-state index contributed by atoms with van der Waals surface area (Å²) in [6.45, 7) is 2.44. The summed E-state index contributed by atoms with van der Waals surface area (Å²) in [4.78, 5) is 13.3. The number of nitrogens with zero attached hydrogens (tertiary/aromatic N) is 2. The van der Waals surface area contributed by atoms with Gasteiger partial charge in [-0.2, -0.15) is 9.78 Å². The summed E-state index contributed by atoms with van der Waals surface area (Å²) in [5.74, 6) is -0.289. The fourth-order valence-electron chi connectivity index (χ4n) is 2.96. The molecule has 8 heteroatoms. The molecule has 0 spiro atoms. The molecule has 30 heavy (non-hydrogen) atoms. The van der Waals surface area contributed by atoms with Crippen LogP contribution >= 0.6 is 0 Å². The van der Waals surface area contributed by atoms with Gasteiger partial charge in [0, 0.05) is 11.8 Å². The lowest BCUT2D eigenvalue weighted by atomic mass is 10.1. The van der Waals surface area contributed by atoms with Crippen molar-refractivity contribution in [3.8, 4) is 22.6 Å². The minimum atomic E-state index is -3.33. The number of benzene rings is 2. The second-order valence-electron chi connectivity index (χ2n) is 6.93. The van der Waals surface area contributed by atoms with E-state index in [1.165, 1.54) is 42.6 Å². The second-order valence-corrected chi connectivity index (χ2v) is 8.95. The van der Waals surface area contributed by atoms with Gasteiger partial charge in [-0.05, 0) is 48.4 Å². The van der Waals surface area contributed by atoms with Crippen molar-refractivity contribution in [2.45, 2.75) is 31.1 Å². The van der Waals surface area contributed by atoms with Crippen molar-refractivity contribution in [2.24, 2.45) is 0 Å². The van der Waals surface area contributed by atoms with Crippen LogP contribution in [0, 0.1) is 5.82 Å². The van der Waals surface area contributed by atoms with Gasteiger partial charge in [-0.15, -0.1) is 0 Å². The Morgan fingerprint density at radius 1 is 1.03 bits per heavy atom. The van der Waals surface area contributed by atoms with Crippen molar-refractivity contribution in [2.75, 3.05) is 12.9 Å². The zero-order valence-corrected chi connectivity index (χ0v) is 17.7. The standard InChI is InChI=1S/C22H23FN2O4S/c1-3-4-5-14-29-21-20(16-6-12-19(13-7-16)30(2,27)28)15-24-25(22(21)26)18-10-8-17(23)9-11-18/h6-13,15H,3-5,14H2,1-2H3. The molecule has 0 N–H and O–H groups in total. The Bertz CT molecular complexity index is 1170. The average Bonchev–Trinajstić information content (AvgIpc) is 2.72. The topological polar surface area (TPSA) is 78.3 Å². The summed E-state index contributed by atoms with van der Waals surface area (Å²) < 4.78 is 43.7. The number of unbranched alkanes of at least 4 members (excludes halogenated alkanes) is 2. The molecule has 0 atom stereocenters. The first-order valence-electron chi connectivity index (χ1n) is 9.63. The van der Waals surface area contributed by atoms with Crippen LogP contribution in [0.1, 0.15) is 26.2 Å². The fourth-order valence-corrected chi connectivity index (χ4v) is 3.59. The van der Waals surface area contributed by atoms with Gasteiger partial charge in [0.15, 0.2) is 15.6 Å². The highest BCUT2D eigenvalue weighted by Gasteiger charge is 2.17. The quantitative estimate of drug-likeness (QED) is 0.505. The Morgan fingerprint density at radius 2 is 1.70 bits per heavy atom. The van der Waals surface area contributed by atoms with Gasteiger partial charge in [-0.1, -0.05) is 31.9 Å². The minimum Gasteiger partial charge on any atom is -0.487 e. The molecule has 1 aromatic heterocycles. The van der Waals surface area contributed by atoms with Crippen molar-refractivity contribution in [3.63, 3.8) is 0 Å². The van der Waals surface area contributed by atoms with Crippen molar-refractivity contribution in [3.05, 3.63) is 70.9 Å². The van der Waals surface area contributed by atoms with Crippen molar-refractivity contribution in [1.29, 1.82) is 0 Å². The lowest BCUT2D eigenvalue weighted by molar-refractivity contribution is 0.301. The highest BCUT2D eigenvalue weighted by atomic mass is 32.2. The number of sulfone groups is 1. The summed E-state index contributed by atoms with van der Waals surface area (Å²) >= 11 is 0. The van der Waals surface area contributed by atoms with E-state index < -0.39 is 21.2 Å². The van der Waals surface area contributed by atoms with Gasteiger partial charge in [-0.3, -0.25) is 4.79 Å². The van der Waals surface area contributed by atoms with Gasteiger partial charge in [0.1, 0.15) is 5.82 Å². The zero-order valence-electron chi connectivity index (χ0n) is 16.8. The maximum atomic E-state index is 13.2. The number of aromatic nitrogens is 2. The third-order valence-corrected chi connectivity index (χ3v) is 5.72. The number of halogens is 1. The van der Waals surface area contributed by atoms with E-state index in [-0.39, 0.29) is 10.6 Å². The molecule has 3 aromatic rings. The first-order chi connectivity index (χ1) is 14.3. The third kappa shape index (κ3) is 4.94. The minimum absolute atomic E-state index is 0.123. The van der Waals surface area contributed by atoms with Crippen LogP contribution in [0.2, 0.25) is 0 Å². The molecule has 158 valence electrons. The summed E-state index contributed by atoms with van der Waals surface area (Å²) in [5, 5.41) is 4.21. The molecule has 0 saturated heterocycles. The van der Waals surface area contributed by atoms with E-state index in [9.17, 15) is 17.6 Å². The molecule has 3 rings (SSSR count). The molecule has 0 saturated carbocycles. The summed E-state index contributed by atoms with van der Waals surface area (Å²) in [6, 6.07) is 11.6. The van der Waals surface area contributed by atoms with Crippen LogP contribution in [0.15, 0.2) is 64.4 Å². The highest BCUT2D eigenvalue weighted by molar-refractivity contribution is 7.90. The first kappa shape index (κ1) is 21.7. The van der Waals surface area contributed by atoms with Crippen LogP contribution in [0.4, 0.5) is 4.39 Å². The van der Waals surface area contributed by atoms with Crippen LogP contribution in [-0.4, -0.2) is 31.1 Å². The van der Waals surface area contributed by atoms with Gasteiger partial charge in [0.2, 0.25) is 0 Å². The van der Waals surface area contributed by atoms with Crippen molar-refractivity contribution >= 4 is 9.84 Å². The Morgan fingerprint density at radius 3 is 2.30 bits per heavy atom. The van der Waals surface area contributed by atoms with E-state index in [0.717, 1.165) is 30.2 Å². The number of rotatable bonds is 8. The monoisotopic (exact) mass is 430 g/mol. The summed E-state index contributed by atoms with van der Waals surface area (Å²) in [5.41, 5.74) is 1.03. The molecule has 1 heterocycles. The molecule has 0 aliphatic rings. The second kappa shape index (κ2) is 9.21.